The number of hydrazine groups is 1. The summed E-state index contributed by atoms with van der Waals surface area (Å²) in [6, 6.07) is 6.33. The second-order valence-corrected chi connectivity index (χ2v) is 5.34. The van der Waals surface area contributed by atoms with Crippen molar-refractivity contribution < 1.29 is 9.59 Å². The van der Waals surface area contributed by atoms with Gasteiger partial charge in [0.1, 0.15) is 0 Å². The zero-order valence-electron chi connectivity index (χ0n) is 11.0. The molecule has 1 aromatic carbocycles. The van der Waals surface area contributed by atoms with Gasteiger partial charge < -0.3 is 0 Å². The lowest BCUT2D eigenvalue weighted by Crippen LogP contribution is -2.55. The Bertz CT molecular complexity index is 524. The van der Waals surface area contributed by atoms with Crippen LogP contribution in [0.15, 0.2) is 24.3 Å². The van der Waals surface area contributed by atoms with Gasteiger partial charge in [-0.1, -0.05) is 11.6 Å². The van der Waals surface area contributed by atoms with Crippen molar-refractivity contribution in [3.8, 4) is 12.3 Å². The molecule has 0 atom stereocenters. The van der Waals surface area contributed by atoms with Gasteiger partial charge in [0, 0.05) is 10.6 Å². The van der Waals surface area contributed by atoms with Crippen molar-refractivity contribution in [3.05, 3.63) is 34.9 Å². The summed E-state index contributed by atoms with van der Waals surface area (Å²) in [4.78, 5) is 23.7. The highest BCUT2D eigenvalue weighted by atomic mass is 35.5. The molecule has 5 heteroatoms. The number of amides is 2. The van der Waals surface area contributed by atoms with Gasteiger partial charge in [0.25, 0.3) is 5.91 Å². The minimum absolute atomic E-state index is 0.392. The van der Waals surface area contributed by atoms with E-state index < -0.39 is 17.4 Å². The average molecular weight is 279 g/mol. The second-order valence-electron chi connectivity index (χ2n) is 4.90. The van der Waals surface area contributed by atoms with Gasteiger partial charge in [-0.15, -0.1) is 6.42 Å². The Morgan fingerprint density at radius 1 is 1.26 bits per heavy atom. The zero-order chi connectivity index (χ0) is 14.6. The quantitative estimate of drug-likeness (QED) is 0.633. The number of hydrogen-bond acceptors (Lipinski definition) is 2. The monoisotopic (exact) mass is 278 g/mol. The van der Waals surface area contributed by atoms with E-state index >= 15 is 0 Å². The van der Waals surface area contributed by atoms with E-state index in [4.69, 9.17) is 18.0 Å². The van der Waals surface area contributed by atoms with Crippen molar-refractivity contribution in [2.24, 2.45) is 0 Å². The van der Waals surface area contributed by atoms with Crippen molar-refractivity contribution in [1.82, 2.24) is 10.4 Å². The number of rotatable bonds is 1. The molecule has 2 amide bonds. The summed E-state index contributed by atoms with van der Waals surface area (Å²) >= 11 is 5.74. The molecule has 1 N–H and O–H groups in total. The number of benzene rings is 1. The first-order valence-electron chi connectivity index (χ1n) is 5.63. The number of nitrogens with one attached hydrogen (secondary N) is 1. The maximum atomic E-state index is 12.0. The van der Waals surface area contributed by atoms with Gasteiger partial charge in [0.2, 0.25) is 0 Å². The van der Waals surface area contributed by atoms with Crippen molar-refractivity contribution >= 4 is 23.4 Å². The summed E-state index contributed by atoms with van der Waals surface area (Å²) in [5, 5.41) is 1.66. The van der Waals surface area contributed by atoms with E-state index in [1.165, 1.54) is 0 Å². The number of nitrogens with zero attached hydrogens (tertiary/aromatic N) is 1. The summed E-state index contributed by atoms with van der Waals surface area (Å²) < 4.78 is 0. The fourth-order valence-corrected chi connectivity index (χ4v) is 1.48. The first-order valence-corrected chi connectivity index (χ1v) is 6.01. The maximum Gasteiger partial charge on any atom is 0.317 e. The lowest BCUT2D eigenvalue weighted by Gasteiger charge is -2.33. The van der Waals surface area contributed by atoms with E-state index in [0.717, 1.165) is 5.01 Å². The Morgan fingerprint density at radius 3 is 2.21 bits per heavy atom. The van der Waals surface area contributed by atoms with Gasteiger partial charge in [-0.05, 0) is 51.0 Å². The first-order chi connectivity index (χ1) is 8.75. The highest BCUT2D eigenvalue weighted by Crippen LogP contribution is 2.13. The molecule has 100 valence electrons. The molecule has 0 aliphatic carbocycles. The Morgan fingerprint density at radius 2 is 1.79 bits per heavy atom. The number of carbonyl (C=O) groups is 2. The number of terminal acetylenes is 1. The van der Waals surface area contributed by atoms with E-state index in [1.807, 2.05) is 5.92 Å². The average Bonchev–Trinajstić information content (AvgIpc) is 2.34. The minimum atomic E-state index is -0.620. The molecule has 19 heavy (non-hydrogen) atoms. The Kier molecular flexibility index (Phi) is 4.57. The van der Waals surface area contributed by atoms with E-state index in [1.54, 1.807) is 45.0 Å². The molecule has 0 spiro atoms. The molecule has 0 aromatic heterocycles. The molecule has 0 heterocycles. The SMILES string of the molecule is C#CC(=O)N(NC(=O)c1ccc(Cl)cc1)C(C)(C)C. The Hall–Kier alpha value is -1.99. The van der Waals surface area contributed by atoms with Crippen LogP contribution in [0.3, 0.4) is 0 Å². The summed E-state index contributed by atoms with van der Waals surface area (Å²) in [5.41, 5.74) is 2.28. The summed E-state index contributed by atoms with van der Waals surface area (Å²) in [7, 11) is 0. The fourth-order valence-electron chi connectivity index (χ4n) is 1.36. The van der Waals surface area contributed by atoms with Gasteiger partial charge in [-0.2, -0.15) is 0 Å². The van der Waals surface area contributed by atoms with Crippen LogP contribution in [-0.4, -0.2) is 22.4 Å². The van der Waals surface area contributed by atoms with Crippen LogP contribution in [0.4, 0.5) is 0 Å². The summed E-state index contributed by atoms with van der Waals surface area (Å²) in [6.45, 7) is 5.30. The van der Waals surface area contributed by atoms with Crippen LogP contribution >= 0.6 is 11.6 Å². The van der Waals surface area contributed by atoms with Crippen molar-refractivity contribution in [2.45, 2.75) is 26.3 Å². The molecule has 0 unspecified atom stereocenters. The van der Waals surface area contributed by atoms with Crippen LogP contribution in [-0.2, 0) is 4.79 Å². The molecule has 0 bridgehead atoms. The van der Waals surface area contributed by atoms with Gasteiger partial charge >= 0.3 is 5.91 Å². The third kappa shape index (κ3) is 4.01. The number of hydrogen-bond donors (Lipinski definition) is 1. The largest absolute Gasteiger partial charge is 0.317 e. The van der Waals surface area contributed by atoms with Gasteiger partial charge in [0.15, 0.2) is 0 Å². The highest BCUT2D eigenvalue weighted by Gasteiger charge is 2.27. The van der Waals surface area contributed by atoms with Crippen LogP contribution in [0.2, 0.25) is 5.02 Å². The molecular weight excluding hydrogens is 264 g/mol. The molecule has 1 aromatic rings. The van der Waals surface area contributed by atoms with Crippen LogP contribution in [0.25, 0.3) is 0 Å². The predicted octanol–water partition coefficient (Wildman–Crippen LogP) is 2.25. The van der Waals surface area contributed by atoms with Gasteiger partial charge in [0.05, 0.1) is 5.54 Å². The third-order valence-electron chi connectivity index (χ3n) is 2.32. The smallest absolute Gasteiger partial charge is 0.267 e. The molecule has 0 saturated heterocycles. The molecule has 0 aliphatic heterocycles. The predicted molar refractivity (Wildman–Crippen MR) is 74.4 cm³/mol. The van der Waals surface area contributed by atoms with Crippen molar-refractivity contribution in [3.63, 3.8) is 0 Å². The van der Waals surface area contributed by atoms with Crippen LogP contribution in [0.1, 0.15) is 31.1 Å². The van der Waals surface area contributed by atoms with Crippen molar-refractivity contribution in [1.29, 1.82) is 0 Å². The fraction of sp³-hybridized carbons (Fsp3) is 0.286. The summed E-state index contributed by atoms with van der Waals surface area (Å²) in [5.74, 6) is 0.966. The summed E-state index contributed by atoms with van der Waals surface area (Å²) in [6.07, 6.45) is 5.09. The third-order valence-corrected chi connectivity index (χ3v) is 2.57. The Balaban J connectivity index is 2.92. The molecule has 0 saturated carbocycles. The van der Waals surface area contributed by atoms with Gasteiger partial charge in [-0.3, -0.25) is 15.0 Å². The lowest BCUT2D eigenvalue weighted by molar-refractivity contribution is -0.132. The van der Waals surface area contributed by atoms with E-state index in [0.29, 0.717) is 10.6 Å². The van der Waals surface area contributed by atoms with E-state index in [-0.39, 0.29) is 0 Å². The molecule has 1 rings (SSSR count). The van der Waals surface area contributed by atoms with Crippen LogP contribution in [0, 0.1) is 12.3 Å². The van der Waals surface area contributed by atoms with Crippen LogP contribution < -0.4 is 5.43 Å². The number of carbonyl (C=O) groups excluding carboxylic acids is 2. The zero-order valence-corrected chi connectivity index (χ0v) is 11.8. The topological polar surface area (TPSA) is 49.4 Å². The van der Waals surface area contributed by atoms with Crippen molar-refractivity contribution in [2.75, 3.05) is 0 Å². The second kappa shape index (κ2) is 5.77. The van der Waals surface area contributed by atoms with Crippen LogP contribution in [0.5, 0.6) is 0 Å². The minimum Gasteiger partial charge on any atom is -0.267 e. The van der Waals surface area contributed by atoms with E-state index in [9.17, 15) is 9.59 Å². The maximum absolute atomic E-state index is 12.0. The first kappa shape index (κ1) is 15.1. The van der Waals surface area contributed by atoms with E-state index in [2.05, 4.69) is 5.43 Å². The lowest BCUT2D eigenvalue weighted by atomic mass is 10.1. The Labute approximate surface area is 117 Å². The molecular formula is C14H15ClN2O2. The highest BCUT2D eigenvalue weighted by molar-refractivity contribution is 6.30. The standard InChI is InChI=1S/C14H15ClN2O2/c1-5-12(18)17(14(2,3)4)16-13(19)10-6-8-11(15)9-7-10/h1,6-9H,2-4H3,(H,16,19). The normalized spacial score (nSPS) is 10.5. The molecule has 0 fully saturated rings. The molecule has 4 nitrogen and oxygen atoms in total. The number of halogens is 1. The molecule has 0 radical (unpaired) electrons. The van der Waals surface area contributed by atoms with Gasteiger partial charge in [-0.25, -0.2) is 5.01 Å². The molecule has 0 aliphatic rings.